The number of nitrogens with zero attached hydrogens (tertiary/aromatic N) is 4. The van der Waals surface area contributed by atoms with Crippen molar-refractivity contribution in [2.75, 3.05) is 49.9 Å². The van der Waals surface area contributed by atoms with Gasteiger partial charge in [0.25, 0.3) is 0 Å². The van der Waals surface area contributed by atoms with E-state index in [1.165, 1.54) is 32.1 Å². The van der Waals surface area contributed by atoms with Gasteiger partial charge in [-0.25, -0.2) is 9.59 Å². The lowest BCUT2D eigenvalue weighted by atomic mass is 9.93. The highest BCUT2D eigenvalue weighted by Gasteiger charge is 2.30. The van der Waals surface area contributed by atoms with Crippen molar-refractivity contribution in [2.24, 2.45) is 0 Å². The van der Waals surface area contributed by atoms with Gasteiger partial charge in [0.15, 0.2) is 11.6 Å². The lowest BCUT2D eigenvalue weighted by molar-refractivity contribution is 0.0876. The van der Waals surface area contributed by atoms with Gasteiger partial charge >= 0.3 is 12.1 Å². The number of carbonyl (C=O) groups is 3. The van der Waals surface area contributed by atoms with Crippen LogP contribution in [0, 0.1) is 0 Å². The van der Waals surface area contributed by atoms with Crippen LogP contribution in [0.1, 0.15) is 106 Å². The van der Waals surface area contributed by atoms with Crippen LogP contribution in [0.4, 0.5) is 21.1 Å². The molecule has 0 bridgehead atoms. The minimum Gasteiger partial charge on any atom is -0.453 e. The van der Waals surface area contributed by atoms with Crippen molar-refractivity contribution in [3.05, 3.63) is 71.3 Å². The largest absolute Gasteiger partial charge is 0.453 e. The number of furan rings is 1. The number of carbonyl (C=O) groups excluding carboxylic acids is 3. The normalized spacial score (nSPS) is 17.9. The lowest BCUT2D eigenvalue weighted by Crippen LogP contribution is -2.48. The summed E-state index contributed by atoms with van der Waals surface area (Å²) in [5.41, 5.74) is 2.85. The van der Waals surface area contributed by atoms with Crippen LogP contribution in [0.3, 0.4) is 0 Å². The minimum absolute atomic E-state index is 0.166. The Bertz CT molecular complexity index is 2190. The van der Waals surface area contributed by atoms with Crippen molar-refractivity contribution in [3.8, 4) is 5.75 Å². The number of likely N-dealkylation sites (tertiary alicyclic amines) is 3. The topological polar surface area (TPSA) is 149 Å². The summed E-state index contributed by atoms with van der Waals surface area (Å²) in [6, 6.07) is 14.2. The average molecular weight is 764 g/mol. The van der Waals surface area contributed by atoms with Crippen LogP contribution in [-0.2, 0) is 12.0 Å². The number of rotatable bonds is 8. The van der Waals surface area contributed by atoms with Gasteiger partial charge in [-0.05, 0) is 107 Å². The molecular weight excluding hydrogens is 711 g/mol. The zero-order chi connectivity index (χ0) is 38.8. The molecular formula is C43H53N7O6. The van der Waals surface area contributed by atoms with Gasteiger partial charge in [-0.3, -0.25) is 15.0 Å². The molecule has 296 valence electrons. The molecule has 13 nitrogen and oxygen atoms in total. The molecule has 3 aromatic heterocycles. The van der Waals surface area contributed by atoms with Gasteiger partial charge in [0.05, 0.1) is 5.69 Å². The van der Waals surface area contributed by atoms with E-state index in [2.05, 4.69) is 30.6 Å². The molecule has 3 saturated heterocycles. The molecule has 8 rings (SSSR count). The number of anilines is 2. The molecule has 0 aliphatic carbocycles. The van der Waals surface area contributed by atoms with Gasteiger partial charge in [-0.2, -0.15) is 0 Å². The van der Waals surface area contributed by atoms with Gasteiger partial charge < -0.3 is 33.8 Å². The van der Waals surface area contributed by atoms with E-state index in [1.807, 2.05) is 43.9 Å². The fourth-order valence-electron chi connectivity index (χ4n) is 8.33. The van der Waals surface area contributed by atoms with Crippen LogP contribution in [0.5, 0.6) is 5.75 Å². The summed E-state index contributed by atoms with van der Waals surface area (Å²) in [6.07, 6.45) is 10.1. The summed E-state index contributed by atoms with van der Waals surface area (Å²) in [5.74, 6) is 1.37. The minimum atomic E-state index is -0.477. The average Bonchev–Trinajstić information content (AvgIpc) is 3.91. The van der Waals surface area contributed by atoms with Crippen LogP contribution in [0.25, 0.3) is 21.9 Å². The van der Waals surface area contributed by atoms with E-state index in [4.69, 9.17) is 13.7 Å². The first-order valence-corrected chi connectivity index (χ1v) is 20.3. The standard InChI is InChI=1S/C43H53N7O6/c1-43(2,3)38-26-39(47-56-38)46-41(52)44-29-11-13-35-28(23-29)24-37(54-35)40(51)34-25-31-32(27-48-17-7-4-5-8-18-48)36(14-12-33(31)45-34)55-42(53)50-21-15-30(16-22-50)49-19-9-6-10-20-49/h11-14,23-26,30,45H,4-10,15-22,27H2,1-3H3,(H2,44,46,47,52). The first-order valence-electron chi connectivity index (χ1n) is 20.3. The Morgan fingerprint density at radius 1 is 0.857 bits per heavy atom. The van der Waals surface area contributed by atoms with E-state index in [1.54, 1.807) is 30.3 Å². The van der Waals surface area contributed by atoms with Crippen LogP contribution < -0.4 is 15.4 Å². The van der Waals surface area contributed by atoms with E-state index in [-0.39, 0.29) is 23.1 Å². The van der Waals surface area contributed by atoms with E-state index >= 15 is 0 Å². The summed E-state index contributed by atoms with van der Waals surface area (Å²) in [4.78, 5) is 50.5. The second kappa shape index (κ2) is 16.1. The highest BCUT2D eigenvalue weighted by Crippen LogP contribution is 2.34. The summed E-state index contributed by atoms with van der Waals surface area (Å²) in [7, 11) is 0. The highest BCUT2D eigenvalue weighted by molar-refractivity contribution is 6.11. The zero-order valence-corrected chi connectivity index (χ0v) is 32.7. The van der Waals surface area contributed by atoms with Gasteiger partial charge in [0.2, 0.25) is 5.78 Å². The number of aromatic amines is 1. The number of ketones is 1. The first kappa shape index (κ1) is 37.8. The quantitative estimate of drug-likeness (QED) is 0.132. The second-order valence-electron chi connectivity index (χ2n) is 16.7. The summed E-state index contributed by atoms with van der Waals surface area (Å²) < 4.78 is 17.6. The number of piperidine rings is 2. The number of urea groups is 1. The Kier molecular flexibility index (Phi) is 10.9. The maximum Gasteiger partial charge on any atom is 0.415 e. The third-order valence-corrected chi connectivity index (χ3v) is 11.5. The summed E-state index contributed by atoms with van der Waals surface area (Å²) >= 11 is 0. The predicted octanol–water partition coefficient (Wildman–Crippen LogP) is 8.90. The second-order valence-corrected chi connectivity index (χ2v) is 16.7. The van der Waals surface area contributed by atoms with E-state index in [0.29, 0.717) is 65.4 Å². The number of fused-ring (bicyclic) bond motifs is 2. The van der Waals surface area contributed by atoms with Crippen LogP contribution in [-0.4, -0.2) is 88.1 Å². The molecule has 3 aliphatic heterocycles. The molecule has 0 unspecified atom stereocenters. The number of hydrogen-bond donors (Lipinski definition) is 3. The van der Waals surface area contributed by atoms with Gasteiger partial charge in [-0.1, -0.05) is 45.2 Å². The van der Waals surface area contributed by atoms with Crippen LogP contribution in [0.15, 0.2) is 57.5 Å². The van der Waals surface area contributed by atoms with Crippen molar-refractivity contribution in [2.45, 2.75) is 96.6 Å². The number of hydrogen-bond acceptors (Lipinski definition) is 9. The maximum absolute atomic E-state index is 14.0. The van der Waals surface area contributed by atoms with Crippen LogP contribution >= 0.6 is 0 Å². The summed E-state index contributed by atoms with van der Waals surface area (Å²) in [5, 5.41) is 11.0. The molecule has 0 atom stereocenters. The van der Waals surface area contributed by atoms with Crippen molar-refractivity contribution >= 4 is 51.3 Å². The van der Waals surface area contributed by atoms with E-state index < -0.39 is 6.03 Å². The molecule has 5 aromatic rings. The molecule has 6 heterocycles. The number of nitrogens with one attached hydrogen (secondary N) is 3. The van der Waals surface area contributed by atoms with Crippen LogP contribution in [0.2, 0.25) is 0 Å². The lowest BCUT2D eigenvalue weighted by Gasteiger charge is -2.39. The van der Waals surface area contributed by atoms with E-state index in [9.17, 15) is 14.4 Å². The first-order chi connectivity index (χ1) is 27.1. The Labute approximate surface area is 327 Å². The maximum atomic E-state index is 14.0. The van der Waals surface area contributed by atoms with Crippen molar-refractivity contribution in [1.29, 1.82) is 0 Å². The molecule has 3 fully saturated rings. The smallest absolute Gasteiger partial charge is 0.415 e. The highest BCUT2D eigenvalue weighted by atomic mass is 16.6. The molecule has 3 aliphatic rings. The molecule has 3 N–H and O–H groups in total. The van der Waals surface area contributed by atoms with Gasteiger partial charge in [0.1, 0.15) is 17.1 Å². The number of H-pyrrole nitrogens is 1. The molecule has 2 aromatic carbocycles. The molecule has 0 spiro atoms. The Morgan fingerprint density at radius 2 is 1.59 bits per heavy atom. The number of aromatic nitrogens is 2. The molecule has 56 heavy (non-hydrogen) atoms. The monoisotopic (exact) mass is 763 g/mol. The fraction of sp³-hybridized carbons (Fsp3) is 0.488. The fourth-order valence-corrected chi connectivity index (χ4v) is 8.33. The van der Waals surface area contributed by atoms with Crippen molar-refractivity contribution in [1.82, 2.24) is 24.8 Å². The van der Waals surface area contributed by atoms with Crippen molar-refractivity contribution < 1.29 is 28.1 Å². The predicted molar refractivity (Wildman–Crippen MR) is 216 cm³/mol. The molecule has 0 radical (unpaired) electrons. The molecule has 0 saturated carbocycles. The number of ether oxygens (including phenoxy) is 1. The molecule has 13 heteroatoms. The Balaban J connectivity index is 0.989. The number of benzene rings is 2. The van der Waals surface area contributed by atoms with Gasteiger partial charge in [0, 0.05) is 64.7 Å². The summed E-state index contributed by atoms with van der Waals surface area (Å²) in [6.45, 7) is 12.3. The van der Waals surface area contributed by atoms with E-state index in [0.717, 1.165) is 68.3 Å². The Morgan fingerprint density at radius 3 is 2.32 bits per heavy atom. The third kappa shape index (κ3) is 8.48. The van der Waals surface area contributed by atoms with Crippen molar-refractivity contribution in [3.63, 3.8) is 0 Å². The van der Waals surface area contributed by atoms with Gasteiger partial charge in [-0.15, -0.1) is 0 Å². The Hall–Kier alpha value is -5.14. The third-order valence-electron chi connectivity index (χ3n) is 11.5. The SMILES string of the molecule is CC(C)(C)c1cc(NC(=O)Nc2ccc3oc(C(=O)c4cc5c(CN6CCCCCC6)c(OC(=O)N6CCC(N7CCCCC7)CC6)ccc5[nH]4)cc3c2)no1. The zero-order valence-electron chi connectivity index (χ0n) is 32.7. The number of amides is 3. The molecule has 3 amide bonds.